The molecule has 0 aromatic heterocycles. The number of nitrogens with two attached hydrogens (primary N) is 2. The molecule has 8 heteroatoms. The molecule has 0 bridgehead atoms. The van der Waals surface area contributed by atoms with E-state index in [4.69, 9.17) is 10.2 Å². The van der Waals surface area contributed by atoms with E-state index in [1.54, 1.807) is 10.9 Å². The summed E-state index contributed by atoms with van der Waals surface area (Å²) in [6.07, 6.45) is -3.86. The van der Waals surface area contributed by atoms with Crippen LogP contribution < -0.4 is 22.5 Å². The van der Waals surface area contributed by atoms with Crippen molar-refractivity contribution in [2.45, 2.75) is 12.2 Å². The van der Waals surface area contributed by atoms with Crippen LogP contribution in [0.1, 0.15) is 0 Å². The summed E-state index contributed by atoms with van der Waals surface area (Å²) in [6.45, 7) is 0. The summed E-state index contributed by atoms with van der Waals surface area (Å²) in [7, 11) is 0. The molecule has 8 N–H and O–H groups in total. The van der Waals surface area contributed by atoms with Gasteiger partial charge in [0.15, 0.2) is 12.2 Å². The third-order valence-electron chi connectivity index (χ3n) is 1.12. The third kappa shape index (κ3) is 2.43. The normalized spacial score (nSPS) is 14.7. The summed E-state index contributed by atoms with van der Waals surface area (Å²) >= 11 is 0. The fraction of sp³-hybridized carbons (Fsp3) is 0.500. The van der Waals surface area contributed by atoms with Crippen LogP contribution in [0.3, 0.4) is 0 Å². The molecule has 0 aromatic rings. The average molecular weight is 178 g/mol. The first kappa shape index (κ1) is 10.8. The molecule has 0 aromatic carbocycles. The van der Waals surface area contributed by atoms with E-state index in [2.05, 4.69) is 11.7 Å². The number of amides is 2. The Bertz CT molecular complexity index is 164. The van der Waals surface area contributed by atoms with E-state index in [1.165, 1.54) is 0 Å². The number of hydrogen-bond acceptors (Lipinski definition) is 6. The Morgan fingerprint density at radius 3 is 1.42 bits per heavy atom. The topological polar surface area (TPSA) is 151 Å². The lowest BCUT2D eigenvalue weighted by Crippen LogP contribution is -2.52. The zero-order valence-electron chi connectivity index (χ0n) is 6.02. The van der Waals surface area contributed by atoms with Gasteiger partial charge in [-0.15, -0.1) is 0 Å². The van der Waals surface area contributed by atoms with Gasteiger partial charge in [0.2, 0.25) is 0 Å². The van der Waals surface area contributed by atoms with Crippen LogP contribution in [0.2, 0.25) is 0 Å². The van der Waals surface area contributed by atoms with E-state index in [-0.39, 0.29) is 0 Å². The Morgan fingerprint density at radius 1 is 1.00 bits per heavy atom. The molecule has 0 heterocycles. The van der Waals surface area contributed by atoms with Gasteiger partial charge in [0.05, 0.1) is 0 Å². The van der Waals surface area contributed by atoms with Crippen LogP contribution in [0.15, 0.2) is 0 Å². The zero-order valence-corrected chi connectivity index (χ0v) is 6.02. The predicted molar refractivity (Wildman–Crippen MR) is 36.7 cm³/mol. The average Bonchev–Trinajstić information content (AvgIpc) is 2.12. The molecule has 0 saturated carbocycles. The molecule has 70 valence electrons. The van der Waals surface area contributed by atoms with Crippen LogP contribution >= 0.6 is 0 Å². The molecule has 0 radical (unpaired) electrons. The van der Waals surface area contributed by atoms with E-state index in [0.717, 1.165) is 0 Å². The standard InChI is InChI=1S/C4H10N4O4/c5-7-3(11)1(9)2(10)4(12)8-6/h1-2,9-10H,5-6H2,(H,7,11)(H,8,12)/t1-,2+. The summed E-state index contributed by atoms with van der Waals surface area (Å²) in [5, 5.41) is 17.7. The first-order chi connectivity index (χ1) is 5.54. The highest BCUT2D eigenvalue weighted by Crippen LogP contribution is 1.92. The smallest absolute Gasteiger partial charge is 0.265 e. The second-order valence-corrected chi connectivity index (χ2v) is 1.91. The van der Waals surface area contributed by atoms with Gasteiger partial charge in [-0.3, -0.25) is 20.4 Å². The van der Waals surface area contributed by atoms with Crippen molar-refractivity contribution in [2.75, 3.05) is 0 Å². The second kappa shape index (κ2) is 4.62. The molecule has 0 aliphatic rings. The van der Waals surface area contributed by atoms with Gasteiger partial charge < -0.3 is 10.2 Å². The number of aliphatic hydroxyl groups excluding tert-OH is 2. The van der Waals surface area contributed by atoms with Crippen LogP contribution in [0.25, 0.3) is 0 Å². The molecule has 0 fully saturated rings. The molecular weight excluding hydrogens is 168 g/mol. The number of rotatable bonds is 3. The summed E-state index contributed by atoms with van der Waals surface area (Å²) in [5.74, 6) is 7.08. The van der Waals surface area contributed by atoms with Crippen molar-refractivity contribution in [2.24, 2.45) is 11.7 Å². The molecule has 0 aliphatic heterocycles. The highest BCUT2D eigenvalue weighted by molar-refractivity contribution is 5.90. The van der Waals surface area contributed by atoms with Crippen LogP contribution in [-0.4, -0.2) is 34.2 Å². The maximum absolute atomic E-state index is 10.5. The molecule has 12 heavy (non-hydrogen) atoms. The maximum atomic E-state index is 10.5. The molecule has 2 amide bonds. The minimum atomic E-state index is -1.93. The lowest BCUT2D eigenvalue weighted by molar-refractivity contribution is -0.146. The molecule has 0 saturated heterocycles. The van der Waals surface area contributed by atoms with Gasteiger partial charge in [0.1, 0.15) is 0 Å². The van der Waals surface area contributed by atoms with Gasteiger partial charge in [-0.05, 0) is 0 Å². The second-order valence-electron chi connectivity index (χ2n) is 1.91. The Kier molecular flexibility index (Phi) is 4.15. The molecule has 0 aliphatic carbocycles. The molecule has 2 atom stereocenters. The van der Waals surface area contributed by atoms with E-state index < -0.39 is 24.0 Å². The number of carbonyl (C=O) groups excluding carboxylic acids is 2. The van der Waals surface area contributed by atoms with Gasteiger partial charge in [-0.25, -0.2) is 11.7 Å². The van der Waals surface area contributed by atoms with E-state index in [0.29, 0.717) is 0 Å². The van der Waals surface area contributed by atoms with E-state index in [9.17, 15) is 9.59 Å². The maximum Gasteiger partial charge on any atom is 0.265 e. The van der Waals surface area contributed by atoms with Crippen molar-refractivity contribution in [3.05, 3.63) is 0 Å². The van der Waals surface area contributed by atoms with Crippen LogP contribution in [0.4, 0.5) is 0 Å². The minimum absolute atomic E-state index is 1.08. The number of nitrogens with one attached hydrogen (secondary N) is 2. The highest BCUT2D eigenvalue weighted by atomic mass is 16.3. The molecule has 0 unspecified atom stereocenters. The number of aliphatic hydroxyl groups is 2. The van der Waals surface area contributed by atoms with E-state index >= 15 is 0 Å². The van der Waals surface area contributed by atoms with Crippen molar-refractivity contribution < 1.29 is 19.8 Å². The summed E-state index contributed by atoms with van der Waals surface area (Å²) in [5.41, 5.74) is 3.11. The summed E-state index contributed by atoms with van der Waals surface area (Å²) < 4.78 is 0. The van der Waals surface area contributed by atoms with E-state index in [1.807, 2.05) is 0 Å². The van der Waals surface area contributed by atoms with Crippen LogP contribution in [0.5, 0.6) is 0 Å². The van der Waals surface area contributed by atoms with Gasteiger partial charge in [0, 0.05) is 0 Å². The first-order valence-corrected chi connectivity index (χ1v) is 2.91. The molecule has 0 spiro atoms. The predicted octanol–water partition coefficient (Wildman–Crippen LogP) is -4.31. The Balaban J connectivity index is 4.18. The van der Waals surface area contributed by atoms with Crippen LogP contribution in [0, 0.1) is 0 Å². The Labute approximate surface area is 67.5 Å². The van der Waals surface area contributed by atoms with Crippen molar-refractivity contribution in [3.63, 3.8) is 0 Å². The number of hydrogen-bond donors (Lipinski definition) is 6. The van der Waals surface area contributed by atoms with Gasteiger partial charge in [-0.2, -0.15) is 0 Å². The minimum Gasteiger partial charge on any atom is -0.380 e. The monoisotopic (exact) mass is 178 g/mol. The largest absolute Gasteiger partial charge is 0.380 e. The Morgan fingerprint density at radius 2 is 1.25 bits per heavy atom. The van der Waals surface area contributed by atoms with Crippen molar-refractivity contribution >= 4 is 11.8 Å². The number of carbonyl (C=O) groups is 2. The Hall–Kier alpha value is -1.22. The highest BCUT2D eigenvalue weighted by Gasteiger charge is 2.29. The lowest BCUT2D eigenvalue weighted by atomic mass is 10.2. The van der Waals surface area contributed by atoms with Gasteiger partial charge in [-0.1, -0.05) is 0 Å². The molecule has 0 rings (SSSR count). The molecular formula is C4H10N4O4. The third-order valence-corrected chi connectivity index (χ3v) is 1.12. The van der Waals surface area contributed by atoms with Gasteiger partial charge >= 0.3 is 0 Å². The first-order valence-electron chi connectivity index (χ1n) is 2.91. The van der Waals surface area contributed by atoms with Gasteiger partial charge in [0.25, 0.3) is 11.8 Å². The van der Waals surface area contributed by atoms with Crippen LogP contribution in [-0.2, 0) is 9.59 Å². The fourth-order valence-electron chi connectivity index (χ4n) is 0.458. The molecule has 8 nitrogen and oxygen atoms in total. The fourth-order valence-corrected chi connectivity index (χ4v) is 0.458. The zero-order chi connectivity index (χ0) is 9.72. The lowest BCUT2D eigenvalue weighted by Gasteiger charge is -2.13. The van der Waals surface area contributed by atoms with Crippen molar-refractivity contribution in [3.8, 4) is 0 Å². The van der Waals surface area contributed by atoms with Crippen molar-refractivity contribution in [1.82, 2.24) is 10.9 Å². The van der Waals surface area contributed by atoms with Crippen molar-refractivity contribution in [1.29, 1.82) is 0 Å². The quantitative estimate of drug-likeness (QED) is 0.146. The summed E-state index contributed by atoms with van der Waals surface area (Å²) in [6, 6.07) is 0. The summed E-state index contributed by atoms with van der Waals surface area (Å²) in [4.78, 5) is 21.0. The number of hydrazine groups is 2. The SMILES string of the molecule is NNC(=O)[C@@H](O)[C@@H](O)C(=O)NN.